The number of carbonyl (C=O) groups is 1. The van der Waals surface area contributed by atoms with Gasteiger partial charge in [0.25, 0.3) is 0 Å². The molecule has 0 radical (unpaired) electrons. The van der Waals surface area contributed by atoms with Gasteiger partial charge in [0.2, 0.25) is 0 Å². The number of rotatable bonds is 3. The van der Waals surface area contributed by atoms with Gasteiger partial charge in [0.15, 0.2) is 0 Å². The summed E-state index contributed by atoms with van der Waals surface area (Å²) in [5.41, 5.74) is -0.799. The van der Waals surface area contributed by atoms with E-state index in [1.54, 1.807) is 6.92 Å². The van der Waals surface area contributed by atoms with Gasteiger partial charge in [-0.25, -0.2) is 4.79 Å². The molecule has 0 saturated carbocycles. The third-order valence-electron chi connectivity index (χ3n) is 1.62. The number of carbonyl (C=O) groups excluding carboxylic acids is 1. The van der Waals surface area contributed by atoms with Crippen molar-refractivity contribution in [2.75, 3.05) is 13.6 Å². The Balaban J connectivity index is 3.61. The molecule has 0 saturated heterocycles. The highest BCUT2D eigenvalue weighted by Gasteiger charge is 2.17. The topological polar surface area (TPSA) is 61.4 Å². The lowest BCUT2D eigenvalue weighted by atomic mass is 10.0. The van der Waals surface area contributed by atoms with Crippen molar-refractivity contribution in [3.8, 4) is 0 Å². The van der Waals surface area contributed by atoms with Crippen LogP contribution in [0.2, 0.25) is 0 Å². The van der Waals surface area contributed by atoms with Gasteiger partial charge in [-0.3, -0.25) is 0 Å². The Morgan fingerprint density at radius 3 is 2.55 bits per heavy atom. The summed E-state index contributed by atoms with van der Waals surface area (Å²) in [6, 6.07) is -0.265. The highest BCUT2D eigenvalue weighted by atomic mass is 16.3. The first-order valence-corrected chi connectivity index (χ1v) is 3.70. The average Bonchev–Trinajstić information content (AvgIpc) is 2.00. The third-order valence-corrected chi connectivity index (χ3v) is 1.62. The fourth-order valence-electron chi connectivity index (χ4n) is 0.484. The quantitative estimate of drug-likeness (QED) is 0.547. The minimum absolute atomic E-state index is 0.265. The van der Waals surface area contributed by atoms with Gasteiger partial charge in [0.05, 0.1) is 5.60 Å². The lowest BCUT2D eigenvalue weighted by molar-refractivity contribution is 0.0582. The largest absolute Gasteiger partial charge is 0.388 e. The fourth-order valence-corrected chi connectivity index (χ4v) is 0.484. The summed E-state index contributed by atoms with van der Waals surface area (Å²) in [6.45, 7) is 3.83. The van der Waals surface area contributed by atoms with Crippen LogP contribution in [0, 0.1) is 0 Å². The van der Waals surface area contributed by atoms with Gasteiger partial charge in [-0.1, -0.05) is 6.92 Å². The zero-order chi connectivity index (χ0) is 8.91. The van der Waals surface area contributed by atoms with E-state index in [-0.39, 0.29) is 12.6 Å². The van der Waals surface area contributed by atoms with Crippen molar-refractivity contribution >= 4 is 6.03 Å². The van der Waals surface area contributed by atoms with Crippen molar-refractivity contribution in [1.82, 2.24) is 10.6 Å². The van der Waals surface area contributed by atoms with E-state index in [2.05, 4.69) is 10.6 Å². The molecular formula is C7H16N2O2. The van der Waals surface area contributed by atoms with Crippen molar-refractivity contribution in [2.45, 2.75) is 25.9 Å². The molecule has 0 rings (SSSR count). The van der Waals surface area contributed by atoms with Crippen LogP contribution < -0.4 is 10.6 Å². The molecule has 0 aromatic carbocycles. The molecule has 0 spiro atoms. The van der Waals surface area contributed by atoms with E-state index in [1.807, 2.05) is 6.92 Å². The Labute approximate surface area is 67.0 Å². The number of amides is 2. The lowest BCUT2D eigenvalue weighted by Crippen LogP contribution is -2.43. The minimum Gasteiger partial charge on any atom is -0.388 e. The van der Waals surface area contributed by atoms with Gasteiger partial charge < -0.3 is 15.7 Å². The zero-order valence-electron chi connectivity index (χ0n) is 7.27. The molecule has 1 atom stereocenters. The second kappa shape index (κ2) is 4.18. The Morgan fingerprint density at radius 1 is 1.64 bits per heavy atom. The number of urea groups is 1. The van der Waals surface area contributed by atoms with Crippen LogP contribution in [0.3, 0.4) is 0 Å². The number of hydrogen-bond acceptors (Lipinski definition) is 2. The SMILES string of the molecule is CCC(C)(O)CNC(=O)NC. The average molecular weight is 160 g/mol. The zero-order valence-corrected chi connectivity index (χ0v) is 7.27. The molecular weight excluding hydrogens is 144 g/mol. The second-order valence-electron chi connectivity index (χ2n) is 2.78. The van der Waals surface area contributed by atoms with Crippen LogP contribution in [-0.2, 0) is 0 Å². The maximum atomic E-state index is 10.6. The molecule has 1 unspecified atom stereocenters. The van der Waals surface area contributed by atoms with Gasteiger partial charge in [-0.2, -0.15) is 0 Å². The van der Waals surface area contributed by atoms with Crippen molar-refractivity contribution < 1.29 is 9.90 Å². The molecule has 0 aliphatic heterocycles. The summed E-state index contributed by atoms with van der Waals surface area (Å²) in [7, 11) is 1.54. The number of nitrogens with one attached hydrogen (secondary N) is 2. The molecule has 0 aliphatic rings. The molecule has 0 aromatic rings. The molecule has 0 fully saturated rings. The van der Waals surface area contributed by atoms with Crippen molar-refractivity contribution in [1.29, 1.82) is 0 Å². The van der Waals surface area contributed by atoms with Crippen LogP contribution in [-0.4, -0.2) is 30.3 Å². The van der Waals surface area contributed by atoms with Crippen molar-refractivity contribution in [3.63, 3.8) is 0 Å². The smallest absolute Gasteiger partial charge is 0.314 e. The minimum atomic E-state index is -0.799. The van der Waals surface area contributed by atoms with E-state index in [9.17, 15) is 9.90 Å². The van der Waals surface area contributed by atoms with Crippen LogP contribution in [0.15, 0.2) is 0 Å². The van der Waals surface area contributed by atoms with Gasteiger partial charge in [0.1, 0.15) is 0 Å². The standard InChI is InChI=1S/C7H16N2O2/c1-4-7(2,11)5-9-6(10)8-3/h11H,4-5H2,1-3H3,(H2,8,9,10). The summed E-state index contributed by atoms with van der Waals surface area (Å²) < 4.78 is 0. The van der Waals surface area contributed by atoms with Gasteiger partial charge >= 0.3 is 6.03 Å². The Kier molecular flexibility index (Phi) is 3.89. The van der Waals surface area contributed by atoms with Gasteiger partial charge in [0, 0.05) is 13.6 Å². The Morgan fingerprint density at radius 2 is 2.18 bits per heavy atom. The first-order chi connectivity index (χ1) is 5.02. The van der Waals surface area contributed by atoms with E-state index < -0.39 is 5.60 Å². The van der Waals surface area contributed by atoms with Crippen LogP contribution in [0.25, 0.3) is 0 Å². The predicted octanol–water partition coefficient (Wildman–Crippen LogP) is 0.0764. The highest BCUT2D eigenvalue weighted by Crippen LogP contribution is 2.05. The van der Waals surface area contributed by atoms with E-state index in [0.717, 1.165) is 0 Å². The molecule has 11 heavy (non-hydrogen) atoms. The fraction of sp³-hybridized carbons (Fsp3) is 0.857. The van der Waals surface area contributed by atoms with E-state index in [0.29, 0.717) is 6.42 Å². The lowest BCUT2D eigenvalue weighted by Gasteiger charge is -2.21. The summed E-state index contributed by atoms with van der Waals surface area (Å²) in [6.07, 6.45) is 0.622. The third kappa shape index (κ3) is 4.61. The monoisotopic (exact) mass is 160 g/mol. The molecule has 2 amide bonds. The summed E-state index contributed by atoms with van der Waals surface area (Å²) in [5, 5.41) is 14.3. The normalized spacial score (nSPS) is 15.3. The molecule has 4 heteroatoms. The molecule has 0 bridgehead atoms. The van der Waals surface area contributed by atoms with E-state index >= 15 is 0 Å². The van der Waals surface area contributed by atoms with Crippen LogP contribution >= 0.6 is 0 Å². The van der Waals surface area contributed by atoms with Crippen LogP contribution in [0.1, 0.15) is 20.3 Å². The predicted molar refractivity (Wildman–Crippen MR) is 43.4 cm³/mol. The first kappa shape index (κ1) is 10.2. The molecule has 0 aliphatic carbocycles. The van der Waals surface area contributed by atoms with E-state index in [1.165, 1.54) is 7.05 Å². The van der Waals surface area contributed by atoms with Gasteiger partial charge in [-0.05, 0) is 13.3 Å². The molecule has 0 heterocycles. The summed E-state index contributed by atoms with van der Waals surface area (Å²) in [5.74, 6) is 0. The number of aliphatic hydroxyl groups is 1. The Hall–Kier alpha value is -0.770. The van der Waals surface area contributed by atoms with E-state index in [4.69, 9.17) is 0 Å². The maximum absolute atomic E-state index is 10.6. The van der Waals surface area contributed by atoms with Crippen LogP contribution in [0.5, 0.6) is 0 Å². The highest BCUT2D eigenvalue weighted by molar-refractivity contribution is 5.73. The molecule has 0 aromatic heterocycles. The van der Waals surface area contributed by atoms with Crippen molar-refractivity contribution in [2.24, 2.45) is 0 Å². The molecule has 66 valence electrons. The molecule has 4 nitrogen and oxygen atoms in total. The van der Waals surface area contributed by atoms with Crippen molar-refractivity contribution in [3.05, 3.63) is 0 Å². The maximum Gasteiger partial charge on any atom is 0.314 e. The van der Waals surface area contributed by atoms with Crippen LogP contribution in [0.4, 0.5) is 4.79 Å². The van der Waals surface area contributed by atoms with Gasteiger partial charge in [-0.15, -0.1) is 0 Å². The number of hydrogen-bond donors (Lipinski definition) is 3. The molecule has 3 N–H and O–H groups in total. The second-order valence-corrected chi connectivity index (χ2v) is 2.78. The summed E-state index contributed by atoms with van der Waals surface area (Å²) in [4.78, 5) is 10.6. The first-order valence-electron chi connectivity index (χ1n) is 3.70. The Bertz CT molecular complexity index is 134. The summed E-state index contributed by atoms with van der Waals surface area (Å²) >= 11 is 0.